The molecule has 1 aliphatic heterocycles. The normalized spacial score (nSPS) is 28.9. The maximum Gasteiger partial charge on any atom is 0.325 e. The van der Waals surface area contributed by atoms with Crippen molar-refractivity contribution >= 4 is 17.8 Å². The second kappa shape index (κ2) is 6.43. The van der Waals surface area contributed by atoms with E-state index < -0.39 is 11.6 Å². The van der Waals surface area contributed by atoms with Gasteiger partial charge in [-0.2, -0.15) is 0 Å². The molecule has 7 nitrogen and oxygen atoms in total. The van der Waals surface area contributed by atoms with Gasteiger partial charge in [0.25, 0.3) is 5.91 Å². The van der Waals surface area contributed by atoms with Crippen LogP contribution in [0.3, 0.4) is 0 Å². The number of urea groups is 1. The van der Waals surface area contributed by atoms with E-state index >= 15 is 0 Å². The molecule has 1 saturated heterocycles. The molecule has 0 aromatic heterocycles. The lowest BCUT2D eigenvalue weighted by Crippen LogP contribution is -2.50. The van der Waals surface area contributed by atoms with Gasteiger partial charge in [-0.25, -0.2) is 4.79 Å². The Morgan fingerprint density at radius 1 is 1.43 bits per heavy atom. The zero-order valence-corrected chi connectivity index (χ0v) is 12.6. The summed E-state index contributed by atoms with van der Waals surface area (Å²) in [5, 5.41) is 5.41. The largest absolute Gasteiger partial charge is 0.383 e. The summed E-state index contributed by atoms with van der Waals surface area (Å²) in [6.07, 6.45) is 3.14. The van der Waals surface area contributed by atoms with E-state index in [0.29, 0.717) is 31.9 Å². The number of nitrogens with one attached hydrogen (secondary N) is 2. The van der Waals surface area contributed by atoms with Crippen LogP contribution in [0.4, 0.5) is 4.79 Å². The summed E-state index contributed by atoms with van der Waals surface area (Å²) in [5.74, 6) is -0.0372. The van der Waals surface area contributed by atoms with E-state index in [2.05, 4.69) is 17.6 Å². The highest BCUT2D eigenvalue weighted by molar-refractivity contribution is 6.09. The molecule has 0 aromatic rings. The second-order valence-electron chi connectivity index (χ2n) is 5.93. The highest BCUT2D eigenvalue weighted by Gasteiger charge is 2.52. The number of methoxy groups -OCH3 is 1. The van der Waals surface area contributed by atoms with Gasteiger partial charge in [-0.3, -0.25) is 14.5 Å². The molecule has 1 saturated carbocycles. The lowest BCUT2D eigenvalue weighted by atomic mass is 9.77. The first-order chi connectivity index (χ1) is 9.98. The van der Waals surface area contributed by atoms with Crippen LogP contribution in [0.2, 0.25) is 0 Å². The fraction of sp³-hybridized carbons (Fsp3) is 0.786. The molecule has 2 N–H and O–H groups in total. The number of rotatable bonds is 5. The molecule has 0 atom stereocenters. The third kappa shape index (κ3) is 3.34. The quantitative estimate of drug-likeness (QED) is 0.562. The third-order valence-electron chi connectivity index (χ3n) is 4.30. The van der Waals surface area contributed by atoms with E-state index in [9.17, 15) is 14.4 Å². The molecule has 4 amide bonds. The van der Waals surface area contributed by atoms with Gasteiger partial charge in [-0.15, -0.1) is 0 Å². The van der Waals surface area contributed by atoms with Crippen LogP contribution in [0.25, 0.3) is 0 Å². The Morgan fingerprint density at radius 2 is 2.10 bits per heavy atom. The van der Waals surface area contributed by atoms with Crippen molar-refractivity contribution in [1.29, 1.82) is 0 Å². The molecule has 0 aromatic carbocycles. The molecule has 1 heterocycles. The fourth-order valence-corrected chi connectivity index (χ4v) is 2.91. The van der Waals surface area contributed by atoms with Crippen LogP contribution in [0.1, 0.15) is 32.6 Å². The Balaban J connectivity index is 1.94. The Kier molecular flexibility index (Phi) is 4.82. The Hall–Kier alpha value is -1.63. The third-order valence-corrected chi connectivity index (χ3v) is 4.30. The van der Waals surface area contributed by atoms with Crippen LogP contribution in [-0.2, 0) is 14.3 Å². The first-order valence-corrected chi connectivity index (χ1v) is 7.38. The van der Waals surface area contributed by atoms with E-state index in [-0.39, 0.29) is 18.4 Å². The summed E-state index contributed by atoms with van der Waals surface area (Å²) in [5.41, 5.74) is -0.781. The summed E-state index contributed by atoms with van der Waals surface area (Å²) in [4.78, 5) is 37.3. The number of amides is 4. The van der Waals surface area contributed by atoms with Gasteiger partial charge >= 0.3 is 6.03 Å². The van der Waals surface area contributed by atoms with Crippen LogP contribution in [0, 0.1) is 5.92 Å². The standard InChI is InChI=1S/C14H23N3O4/c1-10-3-5-14(6-4-10)12(19)17(13(20)16-14)9-11(18)15-7-8-21-2/h10H,3-9H2,1-2H3,(H,15,18)(H,16,20). The number of ether oxygens (including phenoxy) is 1. The van der Waals surface area contributed by atoms with Crippen molar-refractivity contribution in [2.45, 2.75) is 38.1 Å². The van der Waals surface area contributed by atoms with Crippen molar-refractivity contribution in [3.05, 3.63) is 0 Å². The molecule has 1 aliphatic carbocycles. The minimum atomic E-state index is -0.781. The molecule has 2 aliphatic rings. The smallest absolute Gasteiger partial charge is 0.325 e. The zero-order valence-electron chi connectivity index (χ0n) is 12.6. The molecule has 118 valence electrons. The van der Waals surface area contributed by atoms with E-state index in [0.717, 1.165) is 17.7 Å². The lowest BCUT2D eigenvalue weighted by Gasteiger charge is -2.33. The molecule has 0 bridgehead atoms. The van der Waals surface area contributed by atoms with Gasteiger partial charge < -0.3 is 15.4 Å². The Morgan fingerprint density at radius 3 is 2.71 bits per heavy atom. The second-order valence-corrected chi connectivity index (χ2v) is 5.93. The zero-order chi connectivity index (χ0) is 15.5. The topological polar surface area (TPSA) is 87.7 Å². The minimum Gasteiger partial charge on any atom is -0.383 e. The molecule has 2 fully saturated rings. The van der Waals surface area contributed by atoms with Crippen molar-refractivity contribution in [3.8, 4) is 0 Å². The summed E-state index contributed by atoms with van der Waals surface area (Å²) >= 11 is 0. The van der Waals surface area contributed by atoms with E-state index in [1.54, 1.807) is 0 Å². The van der Waals surface area contributed by atoms with Gasteiger partial charge in [0.05, 0.1) is 6.61 Å². The van der Waals surface area contributed by atoms with Crippen molar-refractivity contribution in [2.24, 2.45) is 5.92 Å². The van der Waals surface area contributed by atoms with E-state index in [1.165, 1.54) is 7.11 Å². The lowest BCUT2D eigenvalue weighted by molar-refractivity contribution is -0.136. The molecule has 7 heteroatoms. The van der Waals surface area contributed by atoms with E-state index in [4.69, 9.17) is 4.74 Å². The maximum atomic E-state index is 12.5. The summed E-state index contributed by atoms with van der Waals surface area (Å²) < 4.78 is 4.83. The minimum absolute atomic E-state index is 0.230. The number of carbonyl (C=O) groups excluding carboxylic acids is 3. The van der Waals surface area contributed by atoms with Gasteiger partial charge in [0.2, 0.25) is 5.91 Å². The van der Waals surface area contributed by atoms with Crippen molar-refractivity contribution < 1.29 is 19.1 Å². The molecule has 1 spiro atoms. The summed E-state index contributed by atoms with van der Waals surface area (Å²) in [6.45, 7) is 2.68. The Labute approximate surface area is 124 Å². The highest BCUT2D eigenvalue weighted by atomic mass is 16.5. The molecule has 0 unspecified atom stereocenters. The fourth-order valence-electron chi connectivity index (χ4n) is 2.91. The number of nitrogens with zero attached hydrogens (tertiary/aromatic N) is 1. The monoisotopic (exact) mass is 297 g/mol. The van der Waals surface area contributed by atoms with Gasteiger partial charge in [-0.05, 0) is 31.6 Å². The predicted molar refractivity (Wildman–Crippen MR) is 75.5 cm³/mol. The molecule has 2 rings (SSSR count). The van der Waals surface area contributed by atoms with E-state index in [1.807, 2.05) is 0 Å². The summed E-state index contributed by atoms with van der Waals surface area (Å²) in [6, 6.07) is -0.462. The van der Waals surface area contributed by atoms with Crippen LogP contribution in [0.5, 0.6) is 0 Å². The number of hydrogen-bond donors (Lipinski definition) is 2. The average Bonchev–Trinajstić information content (AvgIpc) is 2.67. The Bertz CT molecular complexity index is 430. The molecule has 21 heavy (non-hydrogen) atoms. The summed E-state index contributed by atoms with van der Waals surface area (Å²) in [7, 11) is 1.54. The number of carbonyl (C=O) groups is 3. The van der Waals surface area contributed by atoms with Crippen molar-refractivity contribution in [2.75, 3.05) is 26.8 Å². The first kappa shape index (κ1) is 15.8. The van der Waals surface area contributed by atoms with Crippen LogP contribution in [-0.4, -0.2) is 55.1 Å². The molecule has 0 radical (unpaired) electrons. The molecular formula is C14H23N3O4. The van der Waals surface area contributed by atoms with Crippen LogP contribution < -0.4 is 10.6 Å². The molecular weight excluding hydrogens is 274 g/mol. The maximum absolute atomic E-state index is 12.5. The van der Waals surface area contributed by atoms with Crippen molar-refractivity contribution in [1.82, 2.24) is 15.5 Å². The number of imide groups is 1. The predicted octanol–water partition coefficient (Wildman–Crippen LogP) is 0.250. The average molecular weight is 297 g/mol. The number of hydrogen-bond acceptors (Lipinski definition) is 4. The van der Waals surface area contributed by atoms with Gasteiger partial charge in [0, 0.05) is 13.7 Å². The first-order valence-electron chi connectivity index (χ1n) is 7.38. The van der Waals surface area contributed by atoms with Gasteiger partial charge in [0.1, 0.15) is 12.1 Å². The van der Waals surface area contributed by atoms with Crippen molar-refractivity contribution in [3.63, 3.8) is 0 Å². The van der Waals surface area contributed by atoms with Gasteiger partial charge in [0.15, 0.2) is 0 Å². The van der Waals surface area contributed by atoms with Gasteiger partial charge in [-0.1, -0.05) is 6.92 Å². The highest BCUT2D eigenvalue weighted by Crippen LogP contribution is 2.36. The SMILES string of the molecule is COCCNC(=O)CN1C(=O)NC2(CCC(C)CC2)C1=O. The van der Waals surface area contributed by atoms with Crippen LogP contribution >= 0.6 is 0 Å². The van der Waals surface area contributed by atoms with Crippen LogP contribution in [0.15, 0.2) is 0 Å².